The van der Waals surface area contributed by atoms with Gasteiger partial charge in [0.05, 0.1) is 0 Å². The highest BCUT2D eigenvalue weighted by atomic mass is 127. The van der Waals surface area contributed by atoms with Crippen molar-refractivity contribution in [1.82, 2.24) is 10.6 Å². The van der Waals surface area contributed by atoms with Crippen LogP contribution in [0, 0.1) is 0 Å². The van der Waals surface area contributed by atoms with E-state index >= 15 is 0 Å². The first kappa shape index (κ1) is 23.2. The van der Waals surface area contributed by atoms with E-state index in [1.807, 2.05) is 11.8 Å². The molecule has 0 aliphatic heterocycles. The average Bonchev–Trinajstić information content (AvgIpc) is 3.04. The van der Waals surface area contributed by atoms with E-state index < -0.39 is 12.8 Å². The largest absolute Gasteiger partial charge is 0.484 e. The minimum atomic E-state index is -4.33. The standard InChI is InChI=1S/C17H24F3N3OS.HI/c1-21-16(23-13-5-8-15(9-13)25-2)22-10-12-3-6-14(7-4-12)24-11-17(18,19)20;/h3-4,6-7,13,15H,5,8-11H2,1-2H3,(H2,21,22,23);1H. The van der Waals surface area contributed by atoms with Gasteiger partial charge in [0.1, 0.15) is 5.75 Å². The fourth-order valence-electron chi connectivity index (χ4n) is 2.73. The molecule has 1 aliphatic carbocycles. The molecule has 0 saturated heterocycles. The topological polar surface area (TPSA) is 45.7 Å². The van der Waals surface area contributed by atoms with E-state index in [1.165, 1.54) is 6.42 Å². The van der Waals surface area contributed by atoms with Gasteiger partial charge in [-0.05, 0) is 43.2 Å². The third-order valence-electron chi connectivity index (χ3n) is 4.07. The Hall–Kier alpha value is -0.840. The summed E-state index contributed by atoms with van der Waals surface area (Å²) in [5.41, 5.74) is 0.940. The Morgan fingerprint density at radius 1 is 1.27 bits per heavy atom. The molecule has 0 bridgehead atoms. The molecular formula is C17H25F3IN3OS. The molecule has 1 saturated carbocycles. The number of thioether (sulfide) groups is 1. The predicted octanol–water partition coefficient (Wildman–Crippen LogP) is 4.19. The molecule has 1 aromatic rings. The van der Waals surface area contributed by atoms with Crippen LogP contribution in [-0.2, 0) is 6.54 Å². The summed E-state index contributed by atoms with van der Waals surface area (Å²) in [5.74, 6) is 0.946. The summed E-state index contributed by atoms with van der Waals surface area (Å²) in [7, 11) is 1.73. The van der Waals surface area contributed by atoms with Crippen LogP contribution in [0.3, 0.4) is 0 Å². The molecule has 2 atom stereocenters. The second-order valence-corrected chi connectivity index (χ2v) is 7.12. The molecule has 0 radical (unpaired) electrons. The number of ether oxygens (including phenoxy) is 1. The van der Waals surface area contributed by atoms with Crippen LogP contribution in [0.25, 0.3) is 0 Å². The van der Waals surface area contributed by atoms with Crippen molar-refractivity contribution in [1.29, 1.82) is 0 Å². The monoisotopic (exact) mass is 503 g/mol. The van der Waals surface area contributed by atoms with Crippen molar-refractivity contribution >= 4 is 41.7 Å². The first-order valence-electron chi connectivity index (χ1n) is 8.18. The molecule has 2 rings (SSSR count). The molecule has 2 unspecified atom stereocenters. The van der Waals surface area contributed by atoms with E-state index in [4.69, 9.17) is 4.74 Å². The zero-order chi connectivity index (χ0) is 18.3. The zero-order valence-corrected chi connectivity index (χ0v) is 18.0. The Labute approximate surface area is 173 Å². The van der Waals surface area contributed by atoms with E-state index in [0.29, 0.717) is 17.8 Å². The number of benzene rings is 1. The van der Waals surface area contributed by atoms with Gasteiger partial charge < -0.3 is 15.4 Å². The van der Waals surface area contributed by atoms with Gasteiger partial charge in [0, 0.05) is 24.9 Å². The van der Waals surface area contributed by atoms with Gasteiger partial charge >= 0.3 is 6.18 Å². The molecule has 9 heteroatoms. The molecule has 0 amide bonds. The summed E-state index contributed by atoms with van der Waals surface area (Å²) in [6, 6.07) is 7.00. The van der Waals surface area contributed by atoms with Gasteiger partial charge in [0.2, 0.25) is 0 Å². The molecule has 1 aliphatic rings. The molecule has 26 heavy (non-hydrogen) atoms. The maximum atomic E-state index is 12.1. The van der Waals surface area contributed by atoms with Gasteiger partial charge in [0.25, 0.3) is 0 Å². The van der Waals surface area contributed by atoms with Crippen LogP contribution in [0.5, 0.6) is 5.75 Å². The molecule has 1 fully saturated rings. The molecule has 0 heterocycles. The quantitative estimate of drug-likeness (QED) is 0.347. The normalized spacial score (nSPS) is 20.4. The highest BCUT2D eigenvalue weighted by Gasteiger charge is 2.28. The van der Waals surface area contributed by atoms with Crippen LogP contribution >= 0.6 is 35.7 Å². The van der Waals surface area contributed by atoms with Gasteiger partial charge in [0.15, 0.2) is 12.6 Å². The minimum Gasteiger partial charge on any atom is -0.484 e. The third-order valence-corrected chi connectivity index (χ3v) is 5.16. The Morgan fingerprint density at radius 3 is 2.50 bits per heavy atom. The Morgan fingerprint density at radius 2 is 1.96 bits per heavy atom. The second kappa shape index (κ2) is 11.1. The van der Waals surface area contributed by atoms with Gasteiger partial charge in [-0.25, -0.2) is 0 Å². The maximum Gasteiger partial charge on any atom is 0.422 e. The maximum absolute atomic E-state index is 12.1. The molecule has 4 nitrogen and oxygen atoms in total. The lowest BCUT2D eigenvalue weighted by molar-refractivity contribution is -0.153. The highest BCUT2D eigenvalue weighted by Crippen LogP contribution is 2.28. The van der Waals surface area contributed by atoms with E-state index in [0.717, 1.165) is 24.4 Å². The number of hydrogen-bond donors (Lipinski definition) is 2. The lowest BCUT2D eigenvalue weighted by Crippen LogP contribution is -2.42. The number of halogens is 4. The Balaban J connectivity index is 0.00000338. The van der Waals surface area contributed by atoms with Crippen molar-refractivity contribution in [3.63, 3.8) is 0 Å². The summed E-state index contributed by atoms with van der Waals surface area (Å²) in [4.78, 5) is 4.23. The van der Waals surface area contributed by atoms with Crippen molar-refractivity contribution in [2.75, 3.05) is 19.9 Å². The van der Waals surface area contributed by atoms with Crippen LogP contribution in [0.4, 0.5) is 13.2 Å². The van der Waals surface area contributed by atoms with Crippen LogP contribution in [0.1, 0.15) is 24.8 Å². The summed E-state index contributed by atoms with van der Waals surface area (Å²) >= 11 is 1.91. The van der Waals surface area contributed by atoms with Crippen LogP contribution in [0.15, 0.2) is 29.3 Å². The average molecular weight is 503 g/mol. The summed E-state index contributed by atoms with van der Waals surface area (Å²) < 4.78 is 41.1. The first-order chi connectivity index (χ1) is 11.9. The summed E-state index contributed by atoms with van der Waals surface area (Å²) in [6.45, 7) is -0.739. The Bertz CT molecular complexity index is 569. The van der Waals surface area contributed by atoms with E-state index in [9.17, 15) is 13.2 Å². The molecule has 2 N–H and O–H groups in total. The molecule has 0 spiro atoms. The number of hydrogen-bond acceptors (Lipinski definition) is 3. The lowest BCUT2D eigenvalue weighted by Gasteiger charge is -2.17. The van der Waals surface area contributed by atoms with Crippen LogP contribution < -0.4 is 15.4 Å². The number of nitrogens with zero attached hydrogens (tertiary/aromatic N) is 1. The second-order valence-electron chi connectivity index (χ2n) is 5.99. The summed E-state index contributed by atoms with van der Waals surface area (Å²) in [6.07, 6.45) is 1.30. The van der Waals surface area contributed by atoms with E-state index in [2.05, 4.69) is 21.9 Å². The van der Waals surface area contributed by atoms with E-state index in [-0.39, 0.29) is 29.7 Å². The van der Waals surface area contributed by atoms with Crippen molar-refractivity contribution in [3.8, 4) is 5.75 Å². The summed E-state index contributed by atoms with van der Waals surface area (Å²) in [5, 5.41) is 7.36. The smallest absolute Gasteiger partial charge is 0.422 e. The SMILES string of the molecule is CN=C(NCc1ccc(OCC(F)(F)F)cc1)NC1CCC(SC)C1.I. The minimum absolute atomic E-state index is 0. The first-order valence-corrected chi connectivity index (χ1v) is 9.47. The number of rotatable bonds is 6. The fourth-order valence-corrected chi connectivity index (χ4v) is 3.52. The third kappa shape index (κ3) is 8.24. The molecule has 1 aromatic carbocycles. The number of nitrogens with one attached hydrogen (secondary N) is 2. The highest BCUT2D eigenvalue weighted by molar-refractivity contribution is 14.0. The molecule has 0 aromatic heterocycles. The van der Waals surface area contributed by atoms with Crippen molar-refractivity contribution in [2.45, 2.75) is 43.3 Å². The van der Waals surface area contributed by atoms with Gasteiger partial charge in [-0.3, -0.25) is 4.99 Å². The fraction of sp³-hybridized carbons (Fsp3) is 0.588. The zero-order valence-electron chi connectivity index (χ0n) is 14.8. The van der Waals surface area contributed by atoms with Gasteiger partial charge in [-0.1, -0.05) is 12.1 Å². The van der Waals surface area contributed by atoms with Crippen molar-refractivity contribution in [2.24, 2.45) is 4.99 Å². The molecular weight excluding hydrogens is 478 g/mol. The van der Waals surface area contributed by atoms with Gasteiger partial charge in [-0.2, -0.15) is 24.9 Å². The predicted molar refractivity (Wildman–Crippen MR) is 112 cm³/mol. The number of alkyl halides is 3. The number of aliphatic imine (C=N–C) groups is 1. The van der Waals surface area contributed by atoms with E-state index in [1.54, 1.807) is 31.3 Å². The van der Waals surface area contributed by atoms with Gasteiger partial charge in [-0.15, -0.1) is 24.0 Å². The number of guanidine groups is 1. The van der Waals surface area contributed by atoms with Crippen LogP contribution in [0.2, 0.25) is 0 Å². The lowest BCUT2D eigenvalue weighted by atomic mass is 10.2. The van der Waals surface area contributed by atoms with Crippen molar-refractivity contribution in [3.05, 3.63) is 29.8 Å². The van der Waals surface area contributed by atoms with Crippen molar-refractivity contribution < 1.29 is 17.9 Å². The molecule has 148 valence electrons. The van der Waals surface area contributed by atoms with Crippen LogP contribution in [-0.4, -0.2) is 43.3 Å². The Kier molecular flexibility index (Phi) is 9.91.